The highest BCUT2D eigenvalue weighted by atomic mass is 32.1. The molecule has 0 bridgehead atoms. The van der Waals surface area contributed by atoms with E-state index in [-0.39, 0.29) is 6.10 Å². The van der Waals surface area contributed by atoms with Gasteiger partial charge in [-0.1, -0.05) is 13.8 Å². The van der Waals surface area contributed by atoms with Crippen molar-refractivity contribution in [2.75, 3.05) is 46.4 Å². The molecule has 1 aromatic rings. The van der Waals surface area contributed by atoms with E-state index in [1.54, 1.807) is 18.4 Å². The largest absolute Gasteiger partial charge is 0.374 e. The molecule has 1 aliphatic rings. The van der Waals surface area contributed by atoms with Crippen molar-refractivity contribution in [1.82, 2.24) is 20.5 Å². The summed E-state index contributed by atoms with van der Waals surface area (Å²) in [7, 11) is 1.80. The maximum atomic E-state index is 5.87. The van der Waals surface area contributed by atoms with Crippen LogP contribution in [0.4, 0.5) is 0 Å². The number of rotatable bonds is 7. The zero-order valence-electron chi connectivity index (χ0n) is 15.3. The summed E-state index contributed by atoms with van der Waals surface area (Å²) in [5.41, 5.74) is 1.14. The fourth-order valence-electron chi connectivity index (χ4n) is 2.85. The molecule has 2 heterocycles. The van der Waals surface area contributed by atoms with Crippen LogP contribution < -0.4 is 10.6 Å². The van der Waals surface area contributed by atoms with E-state index in [2.05, 4.69) is 44.7 Å². The van der Waals surface area contributed by atoms with Gasteiger partial charge in [0, 0.05) is 51.6 Å². The van der Waals surface area contributed by atoms with Gasteiger partial charge in [-0.3, -0.25) is 9.89 Å². The van der Waals surface area contributed by atoms with E-state index in [0.29, 0.717) is 5.92 Å². The molecule has 2 N–H and O–H groups in total. The van der Waals surface area contributed by atoms with Crippen molar-refractivity contribution in [2.24, 2.45) is 10.9 Å². The Morgan fingerprint density at radius 1 is 1.50 bits per heavy atom. The van der Waals surface area contributed by atoms with Crippen molar-refractivity contribution in [3.63, 3.8) is 0 Å². The topological polar surface area (TPSA) is 61.8 Å². The third kappa shape index (κ3) is 6.75. The normalized spacial score (nSPS) is 19.7. The molecule has 24 heavy (non-hydrogen) atoms. The number of morpholine rings is 1. The quantitative estimate of drug-likeness (QED) is 0.575. The Morgan fingerprint density at radius 3 is 3.00 bits per heavy atom. The Morgan fingerprint density at radius 2 is 2.33 bits per heavy atom. The number of hydrogen-bond acceptors (Lipinski definition) is 5. The molecule has 136 valence electrons. The molecule has 1 fully saturated rings. The lowest BCUT2D eigenvalue weighted by Gasteiger charge is -2.34. The van der Waals surface area contributed by atoms with Gasteiger partial charge in [-0.25, -0.2) is 4.98 Å². The van der Waals surface area contributed by atoms with E-state index >= 15 is 0 Å². The van der Waals surface area contributed by atoms with Crippen molar-refractivity contribution in [2.45, 2.75) is 33.3 Å². The van der Waals surface area contributed by atoms with Gasteiger partial charge in [0.05, 0.1) is 23.4 Å². The minimum atomic E-state index is 0.220. The monoisotopic (exact) mass is 353 g/mol. The fraction of sp³-hybridized carbons (Fsp3) is 0.765. The highest BCUT2D eigenvalue weighted by molar-refractivity contribution is 7.09. The number of aromatic nitrogens is 1. The number of hydrogen-bond donors (Lipinski definition) is 2. The molecule has 7 heteroatoms. The van der Waals surface area contributed by atoms with Crippen molar-refractivity contribution in [3.05, 3.63) is 16.1 Å². The summed E-state index contributed by atoms with van der Waals surface area (Å²) in [5.74, 6) is 1.52. The number of nitrogens with one attached hydrogen (secondary N) is 2. The SMILES string of the molecule is CN=C(NCCc1csc(C)n1)NCC1CN(CC(C)C)CCO1. The van der Waals surface area contributed by atoms with Crippen LogP contribution in [-0.2, 0) is 11.2 Å². The van der Waals surface area contributed by atoms with Gasteiger partial charge >= 0.3 is 0 Å². The Kier molecular flexibility index (Phi) is 7.94. The van der Waals surface area contributed by atoms with Crippen LogP contribution in [0.15, 0.2) is 10.4 Å². The van der Waals surface area contributed by atoms with Gasteiger partial charge in [-0.15, -0.1) is 11.3 Å². The van der Waals surface area contributed by atoms with Crippen LogP contribution >= 0.6 is 11.3 Å². The van der Waals surface area contributed by atoms with E-state index in [9.17, 15) is 0 Å². The van der Waals surface area contributed by atoms with E-state index in [1.807, 2.05) is 6.92 Å². The first kappa shape index (κ1) is 19.1. The first-order valence-corrected chi connectivity index (χ1v) is 9.64. The standard InChI is InChI=1S/C17H31N5OS/c1-13(2)10-22-7-8-23-16(11-22)9-20-17(18-4)19-6-5-15-12-24-14(3)21-15/h12-13,16H,5-11H2,1-4H3,(H2,18,19,20). The number of aryl methyl sites for hydroxylation is 1. The van der Waals surface area contributed by atoms with Gasteiger partial charge in [0.1, 0.15) is 0 Å². The van der Waals surface area contributed by atoms with Gasteiger partial charge in [0.25, 0.3) is 0 Å². The summed E-state index contributed by atoms with van der Waals surface area (Å²) >= 11 is 1.70. The number of ether oxygens (including phenoxy) is 1. The van der Waals surface area contributed by atoms with Gasteiger partial charge in [-0.2, -0.15) is 0 Å². The summed E-state index contributed by atoms with van der Waals surface area (Å²) in [6.45, 7) is 12.1. The average molecular weight is 354 g/mol. The Balaban J connectivity index is 1.67. The molecule has 6 nitrogen and oxygen atoms in total. The minimum Gasteiger partial charge on any atom is -0.374 e. The predicted molar refractivity (Wildman–Crippen MR) is 101 cm³/mol. The zero-order chi connectivity index (χ0) is 17.4. The van der Waals surface area contributed by atoms with E-state index < -0.39 is 0 Å². The number of thiazole rings is 1. The second-order valence-electron chi connectivity index (χ2n) is 6.63. The lowest BCUT2D eigenvalue weighted by atomic mass is 10.2. The van der Waals surface area contributed by atoms with Crippen molar-refractivity contribution in [1.29, 1.82) is 0 Å². The van der Waals surface area contributed by atoms with Crippen LogP contribution in [-0.4, -0.2) is 68.3 Å². The van der Waals surface area contributed by atoms with Crippen molar-refractivity contribution >= 4 is 17.3 Å². The minimum absolute atomic E-state index is 0.220. The molecule has 1 aliphatic heterocycles. The highest BCUT2D eigenvalue weighted by Gasteiger charge is 2.20. The Bertz CT molecular complexity index is 517. The van der Waals surface area contributed by atoms with Crippen LogP contribution in [0.25, 0.3) is 0 Å². The zero-order valence-corrected chi connectivity index (χ0v) is 16.2. The summed E-state index contributed by atoms with van der Waals surface area (Å²) in [6.07, 6.45) is 1.13. The third-order valence-corrected chi connectivity index (χ3v) is 4.73. The summed E-state index contributed by atoms with van der Waals surface area (Å²) in [4.78, 5) is 11.2. The lowest BCUT2D eigenvalue weighted by Crippen LogP contribution is -2.50. The van der Waals surface area contributed by atoms with Gasteiger partial charge in [-0.05, 0) is 12.8 Å². The molecule has 0 aliphatic carbocycles. The smallest absolute Gasteiger partial charge is 0.191 e. The van der Waals surface area contributed by atoms with Crippen LogP contribution in [0.5, 0.6) is 0 Å². The second-order valence-corrected chi connectivity index (χ2v) is 7.70. The maximum absolute atomic E-state index is 5.87. The lowest BCUT2D eigenvalue weighted by molar-refractivity contribution is -0.0284. The summed E-state index contributed by atoms with van der Waals surface area (Å²) in [5, 5.41) is 9.95. The Hall–Kier alpha value is -1.18. The fourth-order valence-corrected chi connectivity index (χ4v) is 3.50. The van der Waals surface area contributed by atoms with E-state index in [0.717, 1.165) is 62.4 Å². The predicted octanol–water partition coefficient (Wildman–Crippen LogP) is 1.52. The maximum Gasteiger partial charge on any atom is 0.191 e. The molecule has 0 aromatic carbocycles. The number of aliphatic imine (C=N–C) groups is 1. The number of nitrogens with zero attached hydrogens (tertiary/aromatic N) is 3. The molecule has 0 radical (unpaired) electrons. The molecule has 0 amide bonds. The van der Waals surface area contributed by atoms with E-state index in [4.69, 9.17) is 4.74 Å². The molecule has 0 saturated carbocycles. The average Bonchev–Trinajstić information content (AvgIpc) is 2.96. The van der Waals surface area contributed by atoms with Crippen LogP contribution in [0.3, 0.4) is 0 Å². The summed E-state index contributed by atoms with van der Waals surface area (Å²) < 4.78 is 5.87. The molecule has 1 aromatic heterocycles. The Labute approximate surface area is 149 Å². The molecule has 2 rings (SSSR count). The number of guanidine groups is 1. The van der Waals surface area contributed by atoms with Crippen LogP contribution in [0.2, 0.25) is 0 Å². The highest BCUT2D eigenvalue weighted by Crippen LogP contribution is 2.08. The van der Waals surface area contributed by atoms with Gasteiger partial charge < -0.3 is 15.4 Å². The van der Waals surface area contributed by atoms with Crippen LogP contribution in [0, 0.1) is 12.8 Å². The van der Waals surface area contributed by atoms with Crippen molar-refractivity contribution in [3.8, 4) is 0 Å². The van der Waals surface area contributed by atoms with E-state index in [1.165, 1.54) is 0 Å². The molecule has 1 atom stereocenters. The molecule has 0 spiro atoms. The third-order valence-electron chi connectivity index (χ3n) is 3.91. The van der Waals surface area contributed by atoms with Gasteiger partial charge in [0.15, 0.2) is 5.96 Å². The second kappa shape index (κ2) is 9.96. The first-order valence-electron chi connectivity index (χ1n) is 8.76. The molecular weight excluding hydrogens is 322 g/mol. The molecular formula is C17H31N5OS. The first-order chi connectivity index (χ1) is 11.6. The molecule has 1 saturated heterocycles. The van der Waals surface area contributed by atoms with Gasteiger partial charge in [0.2, 0.25) is 0 Å². The van der Waals surface area contributed by atoms with Crippen molar-refractivity contribution < 1.29 is 4.74 Å². The molecule has 1 unspecified atom stereocenters. The summed E-state index contributed by atoms with van der Waals surface area (Å²) in [6, 6.07) is 0. The van der Waals surface area contributed by atoms with Crippen LogP contribution in [0.1, 0.15) is 24.5 Å².